The molecule has 6 nitrogen and oxygen atoms in total. The van der Waals surface area contributed by atoms with E-state index in [1.54, 1.807) is 49.4 Å². The van der Waals surface area contributed by atoms with Gasteiger partial charge in [0.15, 0.2) is 6.10 Å². The summed E-state index contributed by atoms with van der Waals surface area (Å²) in [7, 11) is 0. The van der Waals surface area contributed by atoms with Crippen LogP contribution in [0.25, 0.3) is 11.3 Å². The largest absolute Gasteiger partial charge is 0.479 e. The molecule has 0 fully saturated rings. The summed E-state index contributed by atoms with van der Waals surface area (Å²) in [6, 6.07) is 14.1. The number of hydrogen-bond acceptors (Lipinski definition) is 5. The van der Waals surface area contributed by atoms with Gasteiger partial charge in [-0.05, 0) is 55.5 Å². The molecule has 0 aliphatic rings. The first kappa shape index (κ1) is 21.8. The monoisotopic (exact) mass is 449 g/mol. The Hall–Kier alpha value is -2.90. The fourth-order valence-electron chi connectivity index (χ4n) is 2.46. The van der Waals surface area contributed by atoms with E-state index in [1.165, 1.54) is 12.1 Å². The molecule has 1 amide bonds. The van der Waals surface area contributed by atoms with E-state index in [1.807, 2.05) is 0 Å². The van der Waals surface area contributed by atoms with E-state index in [0.29, 0.717) is 27.4 Å². The van der Waals surface area contributed by atoms with E-state index in [4.69, 9.17) is 32.7 Å². The number of rotatable bonds is 8. The molecule has 1 heterocycles. The molecule has 0 aliphatic heterocycles. The first-order valence-corrected chi connectivity index (χ1v) is 9.80. The minimum absolute atomic E-state index is 0.199. The summed E-state index contributed by atoms with van der Waals surface area (Å²) in [6.07, 6.45) is -0.751. The summed E-state index contributed by atoms with van der Waals surface area (Å²) in [6.45, 7) is 2.06. The van der Waals surface area contributed by atoms with Crippen LogP contribution in [-0.4, -0.2) is 35.4 Å². The average Bonchev–Trinajstić information content (AvgIpc) is 2.74. The van der Waals surface area contributed by atoms with Gasteiger partial charge in [-0.2, -0.15) is 0 Å². The standard InChI is InChI=1S/C21H18Cl2FN3O3/c1-13(30-19-8-4-15(22)12-17(19)23)21(28)25-10-11-29-20-9-7-18(26-27-20)14-2-5-16(24)6-3-14/h2-9,12-13H,10-11H2,1H3,(H,25,28). The molecule has 156 valence electrons. The highest BCUT2D eigenvalue weighted by Crippen LogP contribution is 2.28. The highest BCUT2D eigenvalue weighted by molar-refractivity contribution is 6.35. The van der Waals surface area contributed by atoms with Crippen molar-refractivity contribution in [2.24, 2.45) is 0 Å². The Morgan fingerprint density at radius 3 is 2.53 bits per heavy atom. The fourth-order valence-corrected chi connectivity index (χ4v) is 2.91. The van der Waals surface area contributed by atoms with Crippen LogP contribution in [0.5, 0.6) is 11.6 Å². The molecule has 0 spiro atoms. The average molecular weight is 450 g/mol. The third-order valence-electron chi connectivity index (χ3n) is 4.00. The van der Waals surface area contributed by atoms with Gasteiger partial charge in [-0.1, -0.05) is 23.2 Å². The van der Waals surface area contributed by atoms with Crippen LogP contribution in [0.15, 0.2) is 54.6 Å². The van der Waals surface area contributed by atoms with Crippen LogP contribution in [0.1, 0.15) is 6.92 Å². The maximum Gasteiger partial charge on any atom is 0.260 e. The lowest BCUT2D eigenvalue weighted by molar-refractivity contribution is -0.127. The van der Waals surface area contributed by atoms with Gasteiger partial charge in [-0.25, -0.2) is 4.39 Å². The summed E-state index contributed by atoms with van der Waals surface area (Å²) in [5.74, 6) is 0.0518. The molecule has 1 N–H and O–H groups in total. The third kappa shape index (κ3) is 6.05. The Morgan fingerprint density at radius 2 is 1.87 bits per heavy atom. The maximum atomic E-state index is 13.0. The summed E-state index contributed by atoms with van der Waals surface area (Å²) in [5, 5.41) is 11.5. The molecule has 3 aromatic rings. The number of hydrogen-bond donors (Lipinski definition) is 1. The first-order chi connectivity index (χ1) is 14.4. The van der Waals surface area contributed by atoms with Crippen LogP contribution in [0.4, 0.5) is 4.39 Å². The van der Waals surface area contributed by atoms with Crippen LogP contribution >= 0.6 is 23.2 Å². The zero-order chi connectivity index (χ0) is 21.5. The molecule has 1 unspecified atom stereocenters. The molecule has 30 heavy (non-hydrogen) atoms. The number of ether oxygens (including phenoxy) is 2. The maximum absolute atomic E-state index is 13.0. The number of halogens is 3. The third-order valence-corrected chi connectivity index (χ3v) is 4.53. The van der Waals surface area contributed by atoms with Gasteiger partial charge >= 0.3 is 0 Å². The van der Waals surface area contributed by atoms with Gasteiger partial charge in [0.25, 0.3) is 5.91 Å². The Labute approximate surface area is 182 Å². The van der Waals surface area contributed by atoms with Gasteiger partial charge in [0.2, 0.25) is 5.88 Å². The molecule has 0 radical (unpaired) electrons. The molecule has 2 aromatic carbocycles. The minimum Gasteiger partial charge on any atom is -0.479 e. The zero-order valence-corrected chi connectivity index (χ0v) is 17.5. The molecular weight excluding hydrogens is 432 g/mol. The van der Waals surface area contributed by atoms with Gasteiger partial charge < -0.3 is 14.8 Å². The number of amides is 1. The molecule has 0 saturated carbocycles. The molecule has 0 bridgehead atoms. The van der Waals surface area contributed by atoms with Gasteiger partial charge in [0.1, 0.15) is 18.2 Å². The van der Waals surface area contributed by atoms with Crippen molar-refractivity contribution >= 4 is 29.1 Å². The second-order valence-electron chi connectivity index (χ2n) is 6.24. The number of nitrogens with zero attached hydrogens (tertiary/aromatic N) is 2. The van der Waals surface area contributed by atoms with E-state index in [0.717, 1.165) is 5.56 Å². The second kappa shape index (κ2) is 10.2. The highest BCUT2D eigenvalue weighted by atomic mass is 35.5. The molecule has 1 atom stereocenters. The smallest absolute Gasteiger partial charge is 0.260 e. The molecule has 1 aromatic heterocycles. The molecule has 9 heteroatoms. The van der Waals surface area contributed by atoms with E-state index < -0.39 is 6.10 Å². The van der Waals surface area contributed by atoms with E-state index in [2.05, 4.69) is 15.5 Å². The number of carbonyl (C=O) groups excluding carboxylic acids is 1. The Bertz CT molecular complexity index is 1000. The van der Waals surface area contributed by atoms with Crippen molar-refractivity contribution in [2.45, 2.75) is 13.0 Å². The normalized spacial score (nSPS) is 11.6. The summed E-state index contributed by atoms with van der Waals surface area (Å²) >= 11 is 11.9. The molecule has 0 saturated heterocycles. The van der Waals surface area contributed by atoms with E-state index in [9.17, 15) is 9.18 Å². The molecule has 3 rings (SSSR count). The van der Waals surface area contributed by atoms with Crippen molar-refractivity contribution in [1.29, 1.82) is 0 Å². The zero-order valence-electron chi connectivity index (χ0n) is 15.9. The molecule has 0 aliphatic carbocycles. The van der Waals surface area contributed by atoms with E-state index >= 15 is 0 Å². The van der Waals surface area contributed by atoms with Gasteiger partial charge in [-0.15, -0.1) is 10.2 Å². The van der Waals surface area contributed by atoms with Crippen molar-refractivity contribution in [3.63, 3.8) is 0 Å². The SMILES string of the molecule is CC(Oc1ccc(Cl)cc1Cl)C(=O)NCCOc1ccc(-c2ccc(F)cc2)nn1. The fraction of sp³-hybridized carbons (Fsp3) is 0.190. The second-order valence-corrected chi connectivity index (χ2v) is 7.08. The Kier molecular flexibility index (Phi) is 7.43. The quantitative estimate of drug-likeness (QED) is 0.510. The van der Waals surface area contributed by atoms with E-state index in [-0.39, 0.29) is 24.9 Å². The van der Waals surface area contributed by atoms with Crippen LogP contribution in [-0.2, 0) is 4.79 Å². The van der Waals surface area contributed by atoms with Gasteiger partial charge in [0.05, 0.1) is 17.3 Å². The van der Waals surface area contributed by atoms with Crippen LogP contribution < -0.4 is 14.8 Å². The lowest BCUT2D eigenvalue weighted by atomic mass is 10.1. The summed E-state index contributed by atoms with van der Waals surface area (Å²) in [5.41, 5.74) is 1.35. The number of nitrogens with one attached hydrogen (secondary N) is 1. The van der Waals surface area contributed by atoms with Crippen molar-refractivity contribution in [2.75, 3.05) is 13.2 Å². The van der Waals surface area contributed by atoms with Crippen molar-refractivity contribution in [1.82, 2.24) is 15.5 Å². The van der Waals surface area contributed by atoms with Crippen LogP contribution in [0.2, 0.25) is 10.0 Å². The highest BCUT2D eigenvalue weighted by Gasteiger charge is 2.16. The topological polar surface area (TPSA) is 73.3 Å². The Morgan fingerprint density at radius 1 is 1.10 bits per heavy atom. The van der Waals surface area contributed by atoms with Crippen molar-refractivity contribution < 1.29 is 18.7 Å². The Balaban J connectivity index is 1.42. The van der Waals surface area contributed by atoms with Gasteiger partial charge in [-0.3, -0.25) is 4.79 Å². The van der Waals surface area contributed by atoms with Crippen molar-refractivity contribution in [3.8, 4) is 22.9 Å². The molecular formula is C21H18Cl2FN3O3. The number of benzene rings is 2. The predicted octanol–water partition coefficient (Wildman–Crippen LogP) is 4.55. The minimum atomic E-state index is -0.751. The van der Waals surface area contributed by atoms with Gasteiger partial charge in [0, 0.05) is 16.7 Å². The number of aromatic nitrogens is 2. The predicted molar refractivity (Wildman–Crippen MR) is 112 cm³/mol. The number of carbonyl (C=O) groups is 1. The van der Waals surface area contributed by atoms with Crippen molar-refractivity contribution in [3.05, 3.63) is 70.5 Å². The first-order valence-electron chi connectivity index (χ1n) is 9.04. The summed E-state index contributed by atoms with van der Waals surface area (Å²) in [4.78, 5) is 12.1. The van der Waals surface area contributed by atoms with Crippen LogP contribution in [0.3, 0.4) is 0 Å². The lowest BCUT2D eigenvalue weighted by Gasteiger charge is -2.15. The lowest BCUT2D eigenvalue weighted by Crippen LogP contribution is -2.38. The van der Waals surface area contributed by atoms with Crippen LogP contribution in [0, 0.1) is 5.82 Å². The summed E-state index contributed by atoms with van der Waals surface area (Å²) < 4.78 is 24.0.